The third kappa shape index (κ3) is 2.90. The standard InChI is InChI=1S/C12H14F3NO3S/c1-7(12(13,14)15)9-6-5-8-10(19-9)3-2-4-11(8)20(16,17)18/h2-4,7,9H,5-6H2,1H3,(H2,16,17,18)/t7-,9?/m0/s1. The molecule has 1 aliphatic rings. The SMILES string of the molecule is C[C@@H](C1CCc2c(cccc2S(N)(=O)=O)O1)C(F)(F)F. The molecule has 0 bridgehead atoms. The fourth-order valence-corrected chi connectivity index (χ4v) is 3.05. The summed E-state index contributed by atoms with van der Waals surface area (Å²) < 4.78 is 66.2. The van der Waals surface area contributed by atoms with Crippen molar-refractivity contribution in [1.29, 1.82) is 0 Å². The zero-order chi connectivity index (χ0) is 15.1. The van der Waals surface area contributed by atoms with Gasteiger partial charge in [-0.25, -0.2) is 13.6 Å². The summed E-state index contributed by atoms with van der Waals surface area (Å²) in [5, 5.41) is 5.08. The Kier molecular flexibility index (Phi) is 3.72. The van der Waals surface area contributed by atoms with Crippen LogP contribution in [0.3, 0.4) is 0 Å². The van der Waals surface area contributed by atoms with Crippen molar-refractivity contribution in [2.75, 3.05) is 0 Å². The molecule has 0 spiro atoms. The largest absolute Gasteiger partial charge is 0.489 e. The number of fused-ring (bicyclic) bond motifs is 1. The van der Waals surface area contributed by atoms with Gasteiger partial charge in [0.1, 0.15) is 11.9 Å². The van der Waals surface area contributed by atoms with Crippen molar-refractivity contribution in [3.05, 3.63) is 23.8 Å². The predicted octanol–water partition coefficient (Wildman–Crippen LogP) is 2.23. The van der Waals surface area contributed by atoms with Crippen LogP contribution in [0.5, 0.6) is 5.75 Å². The molecule has 0 amide bonds. The number of halogens is 3. The Morgan fingerprint density at radius 2 is 2.05 bits per heavy atom. The van der Waals surface area contributed by atoms with Crippen LogP contribution in [0.2, 0.25) is 0 Å². The lowest BCUT2D eigenvalue weighted by Crippen LogP contribution is -2.38. The molecule has 20 heavy (non-hydrogen) atoms. The van der Waals surface area contributed by atoms with Gasteiger partial charge in [0.25, 0.3) is 0 Å². The summed E-state index contributed by atoms with van der Waals surface area (Å²) in [5.41, 5.74) is 0.348. The molecule has 2 atom stereocenters. The van der Waals surface area contributed by atoms with Crippen molar-refractivity contribution in [2.24, 2.45) is 11.1 Å². The lowest BCUT2D eigenvalue weighted by Gasteiger charge is -2.32. The number of ether oxygens (including phenoxy) is 1. The number of benzene rings is 1. The highest BCUT2D eigenvalue weighted by Crippen LogP contribution is 2.38. The number of sulfonamides is 1. The highest BCUT2D eigenvalue weighted by Gasteiger charge is 2.43. The first-order valence-electron chi connectivity index (χ1n) is 5.99. The van der Waals surface area contributed by atoms with E-state index in [-0.39, 0.29) is 23.5 Å². The van der Waals surface area contributed by atoms with Crippen LogP contribution in [0.15, 0.2) is 23.1 Å². The average molecular weight is 309 g/mol. The Morgan fingerprint density at radius 1 is 1.40 bits per heavy atom. The lowest BCUT2D eigenvalue weighted by molar-refractivity contribution is -0.192. The first kappa shape index (κ1) is 15.1. The van der Waals surface area contributed by atoms with Crippen molar-refractivity contribution in [1.82, 2.24) is 0 Å². The second kappa shape index (κ2) is 4.92. The number of hydrogen-bond acceptors (Lipinski definition) is 3. The molecular formula is C12H14F3NO3S. The van der Waals surface area contributed by atoms with Crippen LogP contribution in [-0.2, 0) is 16.4 Å². The summed E-state index contributed by atoms with van der Waals surface area (Å²) in [5.74, 6) is -1.46. The molecule has 2 N–H and O–H groups in total. The number of nitrogens with two attached hydrogens (primary N) is 1. The molecule has 1 heterocycles. The second-order valence-electron chi connectivity index (χ2n) is 4.80. The van der Waals surface area contributed by atoms with E-state index in [9.17, 15) is 21.6 Å². The Hall–Kier alpha value is -1.28. The van der Waals surface area contributed by atoms with Crippen LogP contribution >= 0.6 is 0 Å². The van der Waals surface area contributed by atoms with E-state index >= 15 is 0 Å². The Morgan fingerprint density at radius 3 is 2.60 bits per heavy atom. The third-order valence-corrected chi connectivity index (χ3v) is 4.42. The maximum absolute atomic E-state index is 12.7. The van der Waals surface area contributed by atoms with E-state index in [4.69, 9.17) is 9.88 Å². The van der Waals surface area contributed by atoms with Crippen molar-refractivity contribution < 1.29 is 26.3 Å². The summed E-state index contributed by atoms with van der Waals surface area (Å²) in [6.07, 6.45) is -5.08. The van der Waals surface area contributed by atoms with Crippen LogP contribution in [0.1, 0.15) is 18.9 Å². The summed E-state index contributed by atoms with van der Waals surface area (Å²) in [6, 6.07) is 4.18. The molecule has 0 aliphatic carbocycles. The molecule has 0 saturated heterocycles. The molecule has 0 radical (unpaired) electrons. The van der Waals surface area contributed by atoms with Crippen LogP contribution in [0.25, 0.3) is 0 Å². The molecule has 4 nitrogen and oxygen atoms in total. The zero-order valence-electron chi connectivity index (χ0n) is 10.6. The number of rotatable bonds is 2. The first-order valence-corrected chi connectivity index (χ1v) is 7.53. The highest BCUT2D eigenvalue weighted by atomic mass is 32.2. The molecule has 112 valence electrons. The molecular weight excluding hydrogens is 295 g/mol. The average Bonchev–Trinajstić information content (AvgIpc) is 2.34. The number of alkyl halides is 3. The van der Waals surface area contributed by atoms with Gasteiger partial charge < -0.3 is 4.74 Å². The number of primary sulfonamides is 1. The molecule has 0 aromatic heterocycles. The molecule has 1 unspecified atom stereocenters. The van der Waals surface area contributed by atoms with Crippen LogP contribution in [-0.4, -0.2) is 20.7 Å². The Bertz CT molecular complexity index is 613. The maximum Gasteiger partial charge on any atom is 0.395 e. The summed E-state index contributed by atoms with van der Waals surface area (Å²) >= 11 is 0. The van der Waals surface area contributed by atoms with Gasteiger partial charge >= 0.3 is 6.18 Å². The van der Waals surface area contributed by atoms with Crippen LogP contribution in [0, 0.1) is 5.92 Å². The second-order valence-corrected chi connectivity index (χ2v) is 6.33. The molecule has 8 heteroatoms. The van der Waals surface area contributed by atoms with Gasteiger partial charge in [0, 0.05) is 5.56 Å². The maximum atomic E-state index is 12.7. The third-order valence-electron chi connectivity index (χ3n) is 3.43. The smallest absolute Gasteiger partial charge is 0.395 e. The topological polar surface area (TPSA) is 69.4 Å². The molecule has 1 aromatic carbocycles. The summed E-state index contributed by atoms with van der Waals surface area (Å²) in [7, 11) is -3.91. The van der Waals surface area contributed by atoms with Gasteiger partial charge in [-0.2, -0.15) is 13.2 Å². The minimum Gasteiger partial charge on any atom is -0.489 e. The molecule has 2 rings (SSSR count). The minimum atomic E-state index is -4.35. The predicted molar refractivity (Wildman–Crippen MR) is 65.8 cm³/mol. The first-order chi connectivity index (χ1) is 9.10. The van der Waals surface area contributed by atoms with Gasteiger partial charge in [-0.3, -0.25) is 0 Å². The van der Waals surface area contributed by atoms with Gasteiger partial charge in [0.15, 0.2) is 0 Å². The van der Waals surface area contributed by atoms with Crippen molar-refractivity contribution >= 4 is 10.0 Å². The van der Waals surface area contributed by atoms with Crippen molar-refractivity contribution in [3.63, 3.8) is 0 Å². The van der Waals surface area contributed by atoms with E-state index in [1.807, 2.05) is 0 Å². The van der Waals surface area contributed by atoms with Crippen LogP contribution < -0.4 is 9.88 Å². The van der Waals surface area contributed by atoms with Gasteiger partial charge in [-0.1, -0.05) is 13.0 Å². The van der Waals surface area contributed by atoms with Gasteiger partial charge in [-0.05, 0) is 25.0 Å². The van der Waals surface area contributed by atoms with Gasteiger partial charge in [0.2, 0.25) is 10.0 Å². The molecule has 1 aliphatic heterocycles. The lowest BCUT2D eigenvalue weighted by atomic mass is 9.94. The summed E-state index contributed by atoms with van der Waals surface area (Å²) in [6.45, 7) is 1.05. The van der Waals surface area contributed by atoms with E-state index in [0.29, 0.717) is 5.56 Å². The number of hydrogen-bond donors (Lipinski definition) is 1. The zero-order valence-corrected chi connectivity index (χ0v) is 11.5. The monoisotopic (exact) mass is 309 g/mol. The quantitative estimate of drug-likeness (QED) is 0.910. The van der Waals surface area contributed by atoms with E-state index in [1.54, 1.807) is 0 Å². The van der Waals surface area contributed by atoms with E-state index in [2.05, 4.69) is 0 Å². The minimum absolute atomic E-state index is 0.0897. The van der Waals surface area contributed by atoms with Gasteiger partial charge in [-0.15, -0.1) is 0 Å². The fraction of sp³-hybridized carbons (Fsp3) is 0.500. The summed E-state index contributed by atoms with van der Waals surface area (Å²) in [4.78, 5) is -0.0897. The normalized spacial score (nSPS) is 20.9. The van der Waals surface area contributed by atoms with Crippen LogP contribution in [0.4, 0.5) is 13.2 Å². The molecule has 0 fully saturated rings. The Labute approximate surface area is 114 Å². The molecule has 0 saturated carbocycles. The van der Waals surface area contributed by atoms with Crippen molar-refractivity contribution in [2.45, 2.75) is 36.9 Å². The molecule has 1 aromatic rings. The fourth-order valence-electron chi connectivity index (χ4n) is 2.24. The van der Waals surface area contributed by atoms with Gasteiger partial charge in [0.05, 0.1) is 10.8 Å². The highest BCUT2D eigenvalue weighted by molar-refractivity contribution is 7.89. The van der Waals surface area contributed by atoms with Crippen molar-refractivity contribution in [3.8, 4) is 5.75 Å². The van der Waals surface area contributed by atoms with E-state index in [0.717, 1.165) is 6.92 Å². The van der Waals surface area contributed by atoms with E-state index in [1.165, 1.54) is 18.2 Å². The Balaban J connectivity index is 2.33. The van der Waals surface area contributed by atoms with E-state index < -0.39 is 28.2 Å².